The van der Waals surface area contributed by atoms with Crippen LogP contribution in [0.2, 0.25) is 0 Å². The number of benzene rings is 1. The first-order valence-electron chi connectivity index (χ1n) is 4.15. The van der Waals surface area contributed by atoms with Crippen molar-refractivity contribution >= 4 is 36.1 Å². The number of nitrogens with two attached hydrogens (primary N) is 1. The maximum atomic E-state index is 9.04. The van der Waals surface area contributed by atoms with Crippen LogP contribution in [0.4, 0.5) is 0 Å². The summed E-state index contributed by atoms with van der Waals surface area (Å²) in [5, 5.41) is 21.8. The Hall–Kier alpha value is -1.44. The summed E-state index contributed by atoms with van der Waals surface area (Å²) in [5.41, 5.74) is 8.48. The first-order chi connectivity index (χ1) is 7.11. The van der Waals surface area contributed by atoms with E-state index in [4.69, 9.17) is 15.8 Å². The summed E-state index contributed by atoms with van der Waals surface area (Å²) in [4.78, 5) is 0. The van der Waals surface area contributed by atoms with Gasteiger partial charge in [0.2, 0.25) is 0 Å². The third-order valence-corrected chi connectivity index (χ3v) is 1.74. The predicted molar refractivity (Wildman–Crippen MR) is 63.8 cm³/mol. The van der Waals surface area contributed by atoms with Crippen molar-refractivity contribution in [3.8, 4) is 0 Å². The molecule has 0 bridgehead atoms. The molecule has 1 aromatic carbocycles. The van der Waals surface area contributed by atoms with Crippen molar-refractivity contribution in [2.24, 2.45) is 10.8 Å². The molecule has 7 heteroatoms. The molecule has 0 atom stereocenters. The van der Waals surface area contributed by atoms with E-state index in [1.165, 1.54) is 6.21 Å². The number of hydrogen-bond donors (Lipinski definition) is 4. The molecule has 0 fully saturated rings. The summed E-state index contributed by atoms with van der Waals surface area (Å²) in [7, 11) is -1.53. The van der Waals surface area contributed by atoms with Gasteiger partial charge in [0, 0.05) is 0 Å². The largest absolute Gasteiger partial charge is 0.489 e. The van der Waals surface area contributed by atoms with Crippen LogP contribution in [0, 0.1) is 0 Å². The van der Waals surface area contributed by atoms with Crippen molar-refractivity contribution in [3.63, 3.8) is 0 Å². The zero-order chi connectivity index (χ0) is 11.3. The Kier molecular flexibility index (Phi) is 4.23. The highest BCUT2D eigenvalue weighted by Gasteiger charge is 2.13. The van der Waals surface area contributed by atoms with Gasteiger partial charge in [-0.1, -0.05) is 24.3 Å². The van der Waals surface area contributed by atoms with Crippen LogP contribution in [-0.2, 0) is 0 Å². The standard InChI is InChI=1S/C8H10BN3O2S/c10-8(15)12-11-5-6-3-1-2-4-7(6)9(13)14/h1-5,13-14H,(H3,10,12,15). The van der Waals surface area contributed by atoms with Crippen molar-refractivity contribution in [2.75, 3.05) is 0 Å². The van der Waals surface area contributed by atoms with Gasteiger partial charge in [0.1, 0.15) is 0 Å². The van der Waals surface area contributed by atoms with E-state index in [2.05, 4.69) is 22.7 Å². The minimum absolute atomic E-state index is 0.0493. The van der Waals surface area contributed by atoms with Crippen molar-refractivity contribution in [1.29, 1.82) is 0 Å². The maximum absolute atomic E-state index is 9.04. The van der Waals surface area contributed by atoms with Gasteiger partial charge in [-0.05, 0) is 23.2 Å². The third kappa shape index (κ3) is 3.66. The fourth-order valence-electron chi connectivity index (χ4n) is 1.03. The van der Waals surface area contributed by atoms with Gasteiger partial charge in [0.05, 0.1) is 6.21 Å². The van der Waals surface area contributed by atoms with Crippen molar-refractivity contribution in [3.05, 3.63) is 29.8 Å². The van der Waals surface area contributed by atoms with Gasteiger partial charge in [-0.25, -0.2) is 0 Å². The zero-order valence-corrected chi connectivity index (χ0v) is 8.61. The fourth-order valence-corrected chi connectivity index (χ4v) is 1.08. The van der Waals surface area contributed by atoms with Gasteiger partial charge in [-0.15, -0.1) is 0 Å². The lowest BCUT2D eigenvalue weighted by molar-refractivity contribution is 0.425. The fraction of sp³-hybridized carbons (Fsp3) is 0. The predicted octanol–water partition coefficient (Wildman–Crippen LogP) is -1.47. The quantitative estimate of drug-likeness (QED) is 0.217. The first kappa shape index (κ1) is 11.6. The molecule has 0 radical (unpaired) electrons. The van der Waals surface area contributed by atoms with Gasteiger partial charge >= 0.3 is 7.12 Å². The summed E-state index contributed by atoms with van der Waals surface area (Å²) in [6, 6.07) is 6.74. The lowest BCUT2D eigenvalue weighted by Gasteiger charge is -2.03. The molecule has 5 N–H and O–H groups in total. The summed E-state index contributed by atoms with van der Waals surface area (Å²) < 4.78 is 0. The molecule has 1 aromatic rings. The topological polar surface area (TPSA) is 90.9 Å². The average Bonchev–Trinajstić information content (AvgIpc) is 2.17. The Labute approximate surface area is 92.8 Å². The molecule has 0 aliphatic carbocycles. The highest BCUT2D eigenvalue weighted by atomic mass is 32.1. The van der Waals surface area contributed by atoms with E-state index in [0.717, 1.165) is 0 Å². The van der Waals surface area contributed by atoms with E-state index < -0.39 is 7.12 Å². The van der Waals surface area contributed by atoms with Gasteiger partial charge < -0.3 is 15.8 Å². The van der Waals surface area contributed by atoms with Gasteiger partial charge in [-0.2, -0.15) is 5.10 Å². The third-order valence-electron chi connectivity index (χ3n) is 1.65. The van der Waals surface area contributed by atoms with Crippen LogP contribution in [0.3, 0.4) is 0 Å². The Balaban J connectivity index is 2.84. The van der Waals surface area contributed by atoms with Gasteiger partial charge in [-0.3, -0.25) is 5.43 Å². The Morgan fingerprint density at radius 1 is 1.47 bits per heavy atom. The van der Waals surface area contributed by atoms with Crippen molar-refractivity contribution < 1.29 is 10.0 Å². The van der Waals surface area contributed by atoms with E-state index in [9.17, 15) is 0 Å². The van der Waals surface area contributed by atoms with E-state index >= 15 is 0 Å². The molecule has 0 saturated carbocycles. The number of rotatable bonds is 3. The second kappa shape index (κ2) is 5.45. The molecule has 0 spiro atoms. The van der Waals surface area contributed by atoms with Crippen molar-refractivity contribution in [2.45, 2.75) is 0 Å². The van der Waals surface area contributed by atoms with Crippen LogP contribution in [0.5, 0.6) is 0 Å². The van der Waals surface area contributed by atoms with E-state index in [0.29, 0.717) is 11.0 Å². The molecule has 0 amide bonds. The molecule has 78 valence electrons. The number of nitrogens with one attached hydrogen (secondary N) is 1. The minimum atomic E-state index is -1.53. The van der Waals surface area contributed by atoms with Gasteiger partial charge in [0.25, 0.3) is 0 Å². The summed E-state index contributed by atoms with van der Waals surface area (Å²) in [6.45, 7) is 0. The van der Waals surface area contributed by atoms with Crippen LogP contribution in [0.1, 0.15) is 5.56 Å². The number of hydrogen-bond acceptors (Lipinski definition) is 4. The van der Waals surface area contributed by atoms with E-state index in [-0.39, 0.29) is 5.11 Å². The van der Waals surface area contributed by atoms with Crippen LogP contribution in [-0.4, -0.2) is 28.5 Å². The molecule has 5 nitrogen and oxygen atoms in total. The normalized spacial score (nSPS) is 10.3. The number of hydrazone groups is 1. The maximum Gasteiger partial charge on any atom is 0.489 e. The van der Waals surface area contributed by atoms with E-state index in [1.807, 2.05) is 0 Å². The molecule has 0 unspecified atom stereocenters. The Bertz CT molecular complexity index is 384. The first-order valence-corrected chi connectivity index (χ1v) is 4.55. The molecular formula is C8H10BN3O2S. The molecule has 1 rings (SSSR count). The van der Waals surface area contributed by atoms with Crippen molar-refractivity contribution in [1.82, 2.24) is 5.43 Å². The molecular weight excluding hydrogens is 213 g/mol. The van der Waals surface area contributed by atoms with Crippen LogP contribution < -0.4 is 16.6 Å². The number of thiocarbonyl (C=S) groups is 1. The smallest absolute Gasteiger partial charge is 0.423 e. The lowest BCUT2D eigenvalue weighted by atomic mass is 9.77. The average molecular weight is 223 g/mol. The lowest BCUT2D eigenvalue weighted by Crippen LogP contribution is -2.33. The van der Waals surface area contributed by atoms with Gasteiger partial charge in [0.15, 0.2) is 5.11 Å². The molecule has 15 heavy (non-hydrogen) atoms. The molecule has 0 heterocycles. The van der Waals surface area contributed by atoms with Crippen LogP contribution in [0.15, 0.2) is 29.4 Å². The molecule has 0 saturated heterocycles. The second-order valence-electron chi connectivity index (χ2n) is 2.74. The van der Waals surface area contributed by atoms with Crippen LogP contribution >= 0.6 is 12.2 Å². The summed E-state index contributed by atoms with van der Waals surface area (Å²) in [6.07, 6.45) is 1.41. The SMILES string of the molecule is NC(=S)NN=Cc1ccccc1B(O)O. The zero-order valence-electron chi connectivity index (χ0n) is 7.79. The summed E-state index contributed by atoms with van der Waals surface area (Å²) in [5.74, 6) is 0. The molecule has 0 aliphatic rings. The Morgan fingerprint density at radius 2 is 2.13 bits per heavy atom. The second-order valence-corrected chi connectivity index (χ2v) is 3.18. The monoisotopic (exact) mass is 223 g/mol. The number of nitrogens with zero attached hydrogens (tertiary/aromatic N) is 1. The Morgan fingerprint density at radius 3 is 2.73 bits per heavy atom. The molecule has 0 aromatic heterocycles. The highest BCUT2D eigenvalue weighted by Crippen LogP contribution is 1.93. The van der Waals surface area contributed by atoms with Crippen LogP contribution in [0.25, 0.3) is 0 Å². The summed E-state index contributed by atoms with van der Waals surface area (Å²) >= 11 is 4.55. The minimum Gasteiger partial charge on any atom is -0.423 e. The molecule has 0 aliphatic heterocycles. The highest BCUT2D eigenvalue weighted by molar-refractivity contribution is 7.80. The van der Waals surface area contributed by atoms with E-state index in [1.54, 1.807) is 24.3 Å².